The Balaban J connectivity index is 2.45. The van der Waals surface area contributed by atoms with Gasteiger partial charge in [-0.15, -0.1) is 0 Å². The highest BCUT2D eigenvalue weighted by molar-refractivity contribution is 6.15. The molecule has 5 nitrogen and oxygen atoms in total. The Hall–Kier alpha value is -2.95. The largest absolute Gasteiger partial charge is 0.506 e. The second-order valence-corrected chi connectivity index (χ2v) is 5.20. The average Bonchev–Trinajstić information content (AvgIpc) is 2.58. The number of nitrogens with zero attached hydrogens (tertiary/aromatic N) is 2. The molecule has 0 amide bonds. The van der Waals surface area contributed by atoms with Gasteiger partial charge in [-0.05, 0) is 44.5 Å². The maximum Gasteiger partial charge on any atom is 0.343 e. The van der Waals surface area contributed by atoms with E-state index in [0.717, 1.165) is 11.3 Å². The minimum atomic E-state index is -0.632. The fraction of sp³-hybridized carbons (Fsp3) is 0.211. The fourth-order valence-corrected chi connectivity index (χ4v) is 2.00. The number of carbonyl (C=O) groups excluding carboxylic acids is 1. The SMILES string of the molecule is CCOC(=O)C(C=Nc1ccccc1)=C(O)c1cnc(C)c(C)c1. The summed E-state index contributed by atoms with van der Waals surface area (Å²) >= 11 is 0. The Morgan fingerprint density at radius 1 is 1.29 bits per heavy atom. The maximum absolute atomic E-state index is 12.2. The van der Waals surface area contributed by atoms with E-state index < -0.39 is 5.97 Å². The predicted molar refractivity (Wildman–Crippen MR) is 94.5 cm³/mol. The van der Waals surface area contributed by atoms with Crippen LogP contribution in [0.3, 0.4) is 0 Å². The average molecular weight is 324 g/mol. The molecule has 1 N–H and O–H groups in total. The topological polar surface area (TPSA) is 71.8 Å². The third-order valence-electron chi connectivity index (χ3n) is 3.46. The first kappa shape index (κ1) is 17.4. The second-order valence-electron chi connectivity index (χ2n) is 5.20. The molecule has 0 bridgehead atoms. The third kappa shape index (κ3) is 4.29. The van der Waals surface area contributed by atoms with Crippen LogP contribution in [-0.4, -0.2) is 28.9 Å². The van der Waals surface area contributed by atoms with Crippen LogP contribution in [0.1, 0.15) is 23.7 Å². The van der Waals surface area contributed by atoms with Crippen molar-refractivity contribution in [1.82, 2.24) is 4.98 Å². The summed E-state index contributed by atoms with van der Waals surface area (Å²) in [5.74, 6) is -0.836. The van der Waals surface area contributed by atoms with Gasteiger partial charge in [-0.2, -0.15) is 0 Å². The molecule has 124 valence electrons. The first-order chi connectivity index (χ1) is 11.5. The Morgan fingerprint density at radius 3 is 2.62 bits per heavy atom. The molecule has 0 fully saturated rings. The van der Waals surface area contributed by atoms with Gasteiger partial charge in [0.2, 0.25) is 0 Å². The molecule has 0 radical (unpaired) electrons. The van der Waals surface area contributed by atoms with Crippen molar-refractivity contribution in [1.29, 1.82) is 0 Å². The molecule has 1 aromatic carbocycles. The summed E-state index contributed by atoms with van der Waals surface area (Å²) in [4.78, 5) is 20.6. The van der Waals surface area contributed by atoms with Gasteiger partial charge in [-0.3, -0.25) is 9.98 Å². The molecular formula is C19H20N2O3. The molecule has 2 rings (SSSR count). The third-order valence-corrected chi connectivity index (χ3v) is 3.46. The lowest BCUT2D eigenvalue weighted by molar-refractivity contribution is -0.137. The molecule has 0 unspecified atom stereocenters. The molecule has 0 spiro atoms. The minimum absolute atomic E-state index is 0.00856. The summed E-state index contributed by atoms with van der Waals surface area (Å²) in [6.07, 6.45) is 2.84. The van der Waals surface area contributed by atoms with Crippen molar-refractivity contribution in [2.45, 2.75) is 20.8 Å². The number of aliphatic hydroxyl groups is 1. The van der Waals surface area contributed by atoms with Gasteiger partial charge in [0, 0.05) is 23.7 Å². The standard InChI is InChI=1S/C19H20N2O3/c1-4-24-19(23)17(12-21-16-8-6-5-7-9-16)18(22)15-10-13(2)14(3)20-11-15/h5-12,22H,4H2,1-3H3. The van der Waals surface area contributed by atoms with E-state index in [-0.39, 0.29) is 17.9 Å². The van der Waals surface area contributed by atoms with Crippen LogP contribution in [0.15, 0.2) is 53.2 Å². The lowest BCUT2D eigenvalue weighted by Gasteiger charge is -2.08. The van der Waals surface area contributed by atoms with Gasteiger partial charge < -0.3 is 9.84 Å². The van der Waals surface area contributed by atoms with Crippen molar-refractivity contribution in [3.05, 3.63) is 65.0 Å². The number of ether oxygens (including phenoxy) is 1. The number of aryl methyl sites for hydroxylation is 2. The maximum atomic E-state index is 12.2. The Morgan fingerprint density at radius 2 is 2.00 bits per heavy atom. The Kier molecular flexibility index (Phi) is 5.84. The van der Waals surface area contributed by atoms with Gasteiger partial charge in [-0.25, -0.2) is 4.79 Å². The predicted octanol–water partition coefficient (Wildman–Crippen LogP) is 3.93. The van der Waals surface area contributed by atoms with Crippen LogP contribution < -0.4 is 0 Å². The summed E-state index contributed by atoms with van der Waals surface area (Å²) < 4.78 is 5.02. The quantitative estimate of drug-likeness (QED) is 0.391. The highest BCUT2D eigenvalue weighted by Gasteiger charge is 2.17. The molecule has 1 aromatic heterocycles. The molecule has 0 atom stereocenters. The summed E-state index contributed by atoms with van der Waals surface area (Å²) in [6, 6.07) is 10.9. The summed E-state index contributed by atoms with van der Waals surface area (Å²) in [5, 5.41) is 10.5. The highest BCUT2D eigenvalue weighted by Crippen LogP contribution is 2.19. The van der Waals surface area contributed by atoms with Crippen molar-refractivity contribution in [2.24, 2.45) is 4.99 Å². The van der Waals surface area contributed by atoms with Crippen LogP contribution in [0.5, 0.6) is 0 Å². The lowest BCUT2D eigenvalue weighted by atomic mass is 10.1. The minimum Gasteiger partial charge on any atom is -0.506 e. The number of aliphatic hydroxyl groups excluding tert-OH is 1. The Bertz CT molecular complexity index is 780. The molecule has 0 aliphatic heterocycles. The number of pyridine rings is 1. The van der Waals surface area contributed by atoms with Crippen LogP contribution in [0.2, 0.25) is 0 Å². The van der Waals surface area contributed by atoms with Crippen LogP contribution in [-0.2, 0) is 9.53 Å². The number of carbonyl (C=O) groups is 1. The molecule has 0 aliphatic rings. The first-order valence-electron chi connectivity index (χ1n) is 7.66. The van der Waals surface area contributed by atoms with Crippen molar-refractivity contribution >= 4 is 23.6 Å². The van der Waals surface area contributed by atoms with Crippen LogP contribution in [0.4, 0.5) is 5.69 Å². The van der Waals surface area contributed by atoms with E-state index in [1.165, 1.54) is 12.4 Å². The van der Waals surface area contributed by atoms with Gasteiger partial charge in [0.1, 0.15) is 11.3 Å². The van der Waals surface area contributed by atoms with Crippen molar-refractivity contribution < 1.29 is 14.6 Å². The van der Waals surface area contributed by atoms with E-state index in [1.807, 2.05) is 32.0 Å². The van der Waals surface area contributed by atoms with E-state index >= 15 is 0 Å². The van der Waals surface area contributed by atoms with Gasteiger partial charge in [0.05, 0.1) is 12.3 Å². The molecule has 1 heterocycles. The molecule has 0 aliphatic carbocycles. The monoisotopic (exact) mass is 324 g/mol. The van der Waals surface area contributed by atoms with E-state index in [1.54, 1.807) is 25.1 Å². The van der Waals surface area contributed by atoms with Gasteiger partial charge in [0.15, 0.2) is 0 Å². The molecular weight excluding hydrogens is 304 g/mol. The number of aromatic nitrogens is 1. The molecule has 2 aromatic rings. The number of hydrogen-bond acceptors (Lipinski definition) is 5. The number of hydrogen-bond donors (Lipinski definition) is 1. The van der Waals surface area contributed by atoms with Gasteiger partial charge >= 0.3 is 5.97 Å². The number of para-hydroxylation sites is 1. The zero-order valence-electron chi connectivity index (χ0n) is 14.0. The lowest BCUT2D eigenvalue weighted by Crippen LogP contribution is -2.11. The number of benzene rings is 1. The fourth-order valence-electron chi connectivity index (χ4n) is 2.00. The van der Waals surface area contributed by atoms with Crippen LogP contribution >= 0.6 is 0 Å². The van der Waals surface area contributed by atoms with Crippen molar-refractivity contribution in [2.75, 3.05) is 6.61 Å². The summed E-state index contributed by atoms with van der Waals surface area (Å²) in [5.41, 5.74) is 2.89. The van der Waals surface area contributed by atoms with E-state index in [0.29, 0.717) is 11.3 Å². The second kappa shape index (κ2) is 8.06. The highest BCUT2D eigenvalue weighted by atomic mass is 16.5. The number of rotatable bonds is 5. The van der Waals surface area contributed by atoms with E-state index in [4.69, 9.17) is 4.74 Å². The van der Waals surface area contributed by atoms with Crippen LogP contribution in [0, 0.1) is 13.8 Å². The van der Waals surface area contributed by atoms with Crippen LogP contribution in [0.25, 0.3) is 5.76 Å². The zero-order chi connectivity index (χ0) is 17.5. The summed E-state index contributed by atoms with van der Waals surface area (Å²) in [7, 11) is 0. The van der Waals surface area contributed by atoms with Gasteiger partial charge in [-0.1, -0.05) is 18.2 Å². The van der Waals surface area contributed by atoms with E-state index in [2.05, 4.69) is 9.98 Å². The normalized spacial score (nSPS) is 12.1. The Labute approximate surface area is 141 Å². The van der Waals surface area contributed by atoms with Crippen molar-refractivity contribution in [3.8, 4) is 0 Å². The summed E-state index contributed by atoms with van der Waals surface area (Å²) in [6.45, 7) is 5.68. The molecule has 0 saturated carbocycles. The smallest absolute Gasteiger partial charge is 0.343 e. The van der Waals surface area contributed by atoms with Crippen molar-refractivity contribution in [3.63, 3.8) is 0 Å². The number of esters is 1. The van der Waals surface area contributed by atoms with E-state index in [9.17, 15) is 9.90 Å². The molecule has 5 heteroatoms. The first-order valence-corrected chi connectivity index (χ1v) is 7.66. The number of aliphatic imine (C=N–C) groups is 1. The molecule has 24 heavy (non-hydrogen) atoms. The zero-order valence-corrected chi connectivity index (χ0v) is 14.0. The molecule has 0 saturated heterocycles. The van der Waals surface area contributed by atoms with Gasteiger partial charge in [0.25, 0.3) is 0 Å².